The molecule has 0 aliphatic carbocycles. The van der Waals surface area contributed by atoms with E-state index >= 15 is 0 Å². The summed E-state index contributed by atoms with van der Waals surface area (Å²) in [5, 5.41) is 14.3. The van der Waals surface area contributed by atoms with Gasteiger partial charge < -0.3 is 9.84 Å². The highest BCUT2D eigenvalue weighted by atomic mass is 32.1. The summed E-state index contributed by atoms with van der Waals surface area (Å²) in [6, 6.07) is 4.87. The van der Waals surface area contributed by atoms with E-state index in [4.69, 9.17) is 9.72 Å². The smallest absolute Gasteiger partial charge is 0.335 e. The number of aromatic nitrogens is 4. The molecule has 0 spiro atoms. The van der Waals surface area contributed by atoms with Gasteiger partial charge in [0.05, 0.1) is 17.9 Å². The molecular formula is C17H16N4O3S. The normalized spacial score (nSPS) is 13.1. The number of aromatic carboxylic acids is 1. The number of carbonyl (C=O) groups is 1. The molecule has 3 heterocycles. The fourth-order valence-electron chi connectivity index (χ4n) is 2.83. The van der Waals surface area contributed by atoms with Crippen LogP contribution < -0.4 is 4.74 Å². The Balaban J connectivity index is 1.87. The summed E-state index contributed by atoms with van der Waals surface area (Å²) in [6.45, 7) is 4.64. The van der Waals surface area contributed by atoms with E-state index in [-0.39, 0.29) is 11.5 Å². The predicted octanol–water partition coefficient (Wildman–Crippen LogP) is 3.15. The molecule has 0 unspecified atom stereocenters. The van der Waals surface area contributed by atoms with Crippen LogP contribution in [0.1, 0.15) is 40.8 Å². The lowest BCUT2D eigenvalue weighted by Crippen LogP contribution is -2.04. The van der Waals surface area contributed by atoms with E-state index in [2.05, 4.69) is 23.9 Å². The van der Waals surface area contributed by atoms with Gasteiger partial charge in [-0.2, -0.15) is 9.78 Å². The number of carboxylic acid groups (broad SMARTS) is 1. The zero-order valence-corrected chi connectivity index (χ0v) is 14.6. The third-order valence-corrected chi connectivity index (χ3v) is 5.12. The van der Waals surface area contributed by atoms with Gasteiger partial charge >= 0.3 is 5.97 Å². The Bertz CT molecular complexity index is 961. The topological polar surface area (TPSA) is 90.1 Å². The minimum Gasteiger partial charge on any atom is -0.493 e. The van der Waals surface area contributed by atoms with Crippen molar-refractivity contribution < 1.29 is 14.6 Å². The first-order chi connectivity index (χ1) is 12.0. The first-order valence-electron chi connectivity index (χ1n) is 7.95. The molecule has 3 aromatic rings. The van der Waals surface area contributed by atoms with Crippen LogP contribution in [0.4, 0.5) is 0 Å². The molecule has 0 saturated heterocycles. The van der Waals surface area contributed by atoms with Crippen molar-refractivity contribution in [3.05, 3.63) is 40.8 Å². The molecule has 0 atom stereocenters. The van der Waals surface area contributed by atoms with Gasteiger partial charge in [-0.25, -0.2) is 14.8 Å². The molecule has 7 nitrogen and oxygen atoms in total. The maximum Gasteiger partial charge on any atom is 0.335 e. The minimum atomic E-state index is -0.970. The van der Waals surface area contributed by atoms with Crippen molar-refractivity contribution in [2.24, 2.45) is 0 Å². The van der Waals surface area contributed by atoms with Crippen LogP contribution in [0.25, 0.3) is 16.4 Å². The number of thiazole rings is 1. The largest absolute Gasteiger partial charge is 0.493 e. The number of hydrogen-bond donors (Lipinski definition) is 1. The maximum atomic E-state index is 11.3. The molecule has 2 aromatic heterocycles. The third kappa shape index (κ3) is 2.68. The lowest BCUT2D eigenvalue weighted by Gasteiger charge is -2.08. The molecule has 0 amide bonds. The number of fused-ring (bicyclic) bond motifs is 3. The second kappa shape index (κ2) is 5.96. The van der Waals surface area contributed by atoms with Crippen molar-refractivity contribution in [2.75, 3.05) is 6.61 Å². The van der Waals surface area contributed by atoms with Crippen LogP contribution in [0.2, 0.25) is 0 Å². The van der Waals surface area contributed by atoms with Gasteiger partial charge in [0.2, 0.25) is 5.13 Å². The summed E-state index contributed by atoms with van der Waals surface area (Å²) in [7, 11) is 0. The fourth-order valence-corrected chi connectivity index (χ4v) is 3.85. The van der Waals surface area contributed by atoms with E-state index in [0.717, 1.165) is 27.9 Å². The number of rotatable bonds is 3. The monoisotopic (exact) mass is 356 g/mol. The molecule has 4 rings (SSSR count). The van der Waals surface area contributed by atoms with E-state index in [1.165, 1.54) is 17.7 Å². The average Bonchev–Trinajstić information content (AvgIpc) is 3.18. The Morgan fingerprint density at radius 3 is 3.00 bits per heavy atom. The summed E-state index contributed by atoms with van der Waals surface area (Å²) in [6.07, 6.45) is 2.25. The molecular weight excluding hydrogens is 340 g/mol. The average molecular weight is 356 g/mol. The van der Waals surface area contributed by atoms with Gasteiger partial charge in [0, 0.05) is 22.8 Å². The number of hydrogen-bond acceptors (Lipinski definition) is 6. The van der Waals surface area contributed by atoms with Crippen LogP contribution in [0, 0.1) is 0 Å². The highest BCUT2D eigenvalue weighted by molar-refractivity contribution is 7.14. The molecule has 25 heavy (non-hydrogen) atoms. The number of benzene rings is 1. The summed E-state index contributed by atoms with van der Waals surface area (Å²) in [5.41, 5.74) is 1.69. The summed E-state index contributed by atoms with van der Waals surface area (Å²) >= 11 is 1.54. The van der Waals surface area contributed by atoms with Gasteiger partial charge in [0.25, 0.3) is 0 Å². The van der Waals surface area contributed by atoms with Crippen molar-refractivity contribution in [2.45, 2.75) is 26.2 Å². The molecule has 0 saturated carbocycles. The Hall–Kier alpha value is -2.74. The highest BCUT2D eigenvalue weighted by Gasteiger charge is 2.23. The quantitative estimate of drug-likeness (QED) is 0.775. The first-order valence-corrected chi connectivity index (χ1v) is 8.76. The Morgan fingerprint density at radius 2 is 2.24 bits per heavy atom. The van der Waals surface area contributed by atoms with Gasteiger partial charge in [-0.3, -0.25) is 0 Å². The number of ether oxygens (including phenoxy) is 1. The minimum absolute atomic E-state index is 0.216. The van der Waals surface area contributed by atoms with E-state index in [9.17, 15) is 9.90 Å². The predicted molar refractivity (Wildman–Crippen MR) is 92.7 cm³/mol. The zero-order valence-electron chi connectivity index (χ0n) is 13.8. The van der Waals surface area contributed by atoms with Crippen LogP contribution in [-0.4, -0.2) is 37.4 Å². The Labute approximate surface area is 147 Å². The molecule has 0 radical (unpaired) electrons. The van der Waals surface area contributed by atoms with Gasteiger partial charge in [-0.15, -0.1) is 0 Å². The molecule has 0 fully saturated rings. The lowest BCUT2D eigenvalue weighted by molar-refractivity contribution is 0.0697. The number of nitrogens with zero attached hydrogens (tertiary/aromatic N) is 4. The van der Waals surface area contributed by atoms with Crippen LogP contribution in [0.15, 0.2) is 24.5 Å². The zero-order chi connectivity index (χ0) is 17.6. The Morgan fingerprint density at radius 1 is 1.40 bits per heavy atom. The SMILES string of the molecule is CC(C)c1ncnn1-c1nc2c(s1)CCOc1ccc(C(=O)O)cc1-2. The van der Waals surface area contributed by atoms with Gasteiger partial charge in [0.15, 0.2) is 0 Å². The van der Waals surface area contributed by atoms with E-state index in [1.807, 2.05) is 0 Å². The van der Waals surface area contributed by atoms with Crippen molar-refractivity contribution in [3.63, 3.8) is 0 Å². The van der Waals surface area contributed by atoms with E-state index < -0.39 is 5.97 Å². The molecule has 1 N–H and O–H groups in total. The molecule has 8 heteroatoms. The van der Waals surface area contributed by atoms with Gasteiger partial charge in [-0.05, 0) is 18.2 Å². The van der Waals surface area contributed by atoms with Crippen LogP contribution in [-0.2, 0) is 6.42 Å². The Kier molecular flexibility index (Phi) is 3.76. The van der Waals surface area contributed by atoms with Crippen molar-refractivity contribution in [1.82, 2.24) is 19.7 Å². The fraction of sp³-hybridized carbons (Fsp3) is 0.294. The summed E-state index contributed by atoms with van der Waals surface area (Å²) in [5.74, 6) is 0.755. The van der Waals surface area contributed by atoms with Crippen LogP contribution in [0.3, 0.4) is 0 Å². The highest BCUT2D eigenvalue weighted by Crippen LogP contribution is 2.39. The molecule has 1 aliphatic heterocycles. The van der Waals surface area contributed by atoms with E-state index in [0.29, 0.717) is 17.9 Å². The molecule has 1 aliphatic rings. The maximum absolute atomic E-state index is 11.3. The molecule has 128 valence electrons. The lowest BCUT2D eigenvalue weighted by atomic mass is 10.1. The first kappa shape index (κ1) is 15.8. The van der Waals surface area contributed by atoms with E-state index in [1.54, 1.807) is 22.9 Å². The van der Waals surface area contributed by atoms with Crippen molar-refractivity contribution in [1.29, 1.82) is 0 Å². The molecule has 0 bridgehead atoms. The van der Waals surface area contributed by atoms with Crippen molar-refractivity contribution in [3.8, 4) is 22.1 Å². The third-order valence-electron chi connectivity index (χ3n) is 4.03. The standard InChI is InChI=1S/C17H16N4O3S/c1-9(2)15-18-8-19-21(15)17-20-14-11-7-10(16(22)23)3-4-12(11)24-6-5-13(14)25-17/h3-4,7-9H,5-6H2,1-2H3,(H,22,23). The van der Waals surface area contributed by atoms with Gasteiger partial charge in [-0.1, -0.05) is 25.2 Å². The van der Waals surface area contributed by atoms with Gasteiger partial charge in [0.1, 0.15) is 17.9 Å². The van der Waals surface area contributed by atoms with Crippen LogP contribution >= 0.6 is 11.3 Å². The molecule has 1 aromatic carbocycles. The summed E-state index contributed by atoms with van der Waals surface area (Å²) in [4.78, 5) is 21.4. The second-order valence-corrected chi connectivity index (χ2v) is 7.13. The second-order valence-electron chi connectivity index (χ2n) is 6.07. The van der Waals surface area contributed by atoms with Crippen LogP contribution in [0.5, 0.6) is 5.75 Å². The van der Waals surface area contributed by atoms with Crippen molar-refractivity contribution >= 4 is 17.3 Å². The summed E-state index contributed by atoms with van der Waals surface area (Å²) < 4.78 is 7.51. The number of carboxylic acids is 1.